The lowest BCUT2D eigenvalue weighted by Gasteiger charge is -2.21. The maximum absolute atomic E-state index is 12.6. The highest BCUT2D eigenvalue weighted by Crippen LogP contribution is 2.19. The van der Waals surface area contributed by atoms with Gasteiger partial charge in [0.1, 0.15) is 0 Å². The first-order valence-electron chi connectivity index (χ1n) is 8.94. The van der Waals surface area contributed by atoms with Crippen LogP contribution in [0.1, 0.15) is 36.7 Å². The molecular formula is C20H27N3O3S. The molecule has 146 valence electrons. The van der Waals surface area contributed by atoms with Gasteiger partial charge in [-0.15, -0.1) is 0 Å². The third-order valence-corrected chi connectivity index (χ3v) is 6.29. The summed E-state index contributed by atoms with van der Waals surface area (Å²) in [6, 6.07) is 13.5. The van der Waals surface area contributed by atoms with Crippen LogP contribution in [-0.4, -0.2) is 38.3 Å². The summed E-state index contributed by atoms with van der Waals surface area (Å²) < 4.78 is 26.6. The Morgan fingerprint density at radius 1 is 1.11 bits per heavy atom. The molecule has 0 unspecified atom stereocenters. The third-order valence-electron chi connectivity index (χ3n) is 4.26. The summed E-state index contributed by atoms with van der Waals surface area (Å²) in [6.07, 6.45) is 0. The molecule has 0 saturated heterocycles. The normalized spacial score (nSPS) is 11.8. The van der Waals surface area contributed by atoms with Gasteiger partial charge in [0, 0.05) is 30.9 Å². The van der Waals surface area contributed by atoms with E-state index >= 15 is 0 Å². The van der Waals surface area contributed by atoms with Crippen LogP contribution in [0.5, 0.6) is 0 Å². The molecule has 0 aliphatic carbocycles. The van der Waals surface area contributed by atoms with Crippen molar-refractivity contribution in [2.45, 2.75) is 38.3 Å². The van der Waals surface area contributed by atoms with Crippen LogP contribution in [0.2, 0.25) is 0 Å². The number of sulfonamides is 1. The van der Waals surface area contributed by atoms with Crippen LogP contribution in [0.15, 0.2) is 53.4 Å². The second-order valence-corrected chi connectivity index (χ2v) is 8.58. The molecule has 2 N–H and O–H groups in total. The molecule has 0 aliphatic rings. The van der Waals surface area contributed by atoms with Crippen molar-refractivity contribution in [3.63, 3.8) is 0 Å². The average molecular weight is 390 g/mol. The largest absolute Gasteiger partial charge is 0.322 e. The summed E-state index contributed by atoms with van der Waals surface area (Å²) in [4.78, 5) is 12.7. The number of rotatable bonds is 8. The first-order valence-corrected chi connectivity index (χ1v) is 10.4. The lowest BCUT2D eigenvalue weighted by atomic mass is 10.1. The highest BCUT2D eigenvalue weighted by Gasteiger charge is 2.23. The Morgan fingerprint density at radius 2 is 1.81 bits per heavy atom. The van der Waals surface area contributed by atoms with Gasteiger partial charge in [-0.3, -0.25) is 4.79 Å². The highest BCUT2D eigenvalue weighted by molar-refractivity contribution is 7.89. The van der Waals surface area contributed by atoms with Gasteiger partial charge < -0.3 is 10.6 Å². The van der Waals surface area contributed by atoms with Gasteiger partial charge in [-0.1, -0.05) is 25.1 Å². The van der Waals surface area contributed by atoms with E-state index in [1.54, 1.807) is 32.0 Å². The van der Waals surface area contributed by atoms with Gasteiger partial charge >= 0.3 is 0 Å². The van der Waals surface area contributed by atoms with Gasteiger partial charge in [0.25, 0.3) is 5.91 Å². The van der Waals surface area contributed by atoms with Gasteiger partial charge in [-0.05, 0) is 56.3 Å². The Balaban J connectivity index is 2.21. The van der Waals surface area contributed by atoms with Crippen molar-refractivity contribution in [3.05, 3.63) is 59.7 Å². The molecule has 6 nitrogen and oxygen atoms in total. The Morgan fingerprint density at radius 3 is 2.48 bits per heavy atom. The molecule has 0 aromatic heterocycles. The Bertz CT molecular complexity index is 895. The number of carbonyl (C=O) groups is 1. The standard InChI is InChI=1S/C20H27N3O3S/c1-5-21-14-16-8-6-10-18(12-16)22-20(24)17-9-7-11-19(13-17)27(25,26)23(4)15(2)3/h6-13,15,21H,5,14H2,1-4H3,(H,22,24). The fourth-order valence-corrected chi connectivity index (χ4v) is 3.89. The lowest BCUT2D eigenvalue weighted by molar-refractivity contribution is 0.102. The number of hydrogen-bond acceptors (Lipinski definition) is 4. The van der Waals surface area contributed by atoms with Gasteiger partial charge in [0.05, 0.1) is 4.90 Å². The van der Waals surface area contributed by atoms with Crippen LogP contribution in [0.25, 0.3) is 0 Å². The zero-order valence-corrected chi connectivity index (χ0v) is 17.0. The highest BCUT2D eigenvalue weighted by atomic mass is 32.2. The maximum atomic E-state index is 12.6. The van der Waals surface area contributed by atoms with Crippen LogP contribution in [-0.2, 0) is 16.6 Å². The molecule has 27 heavy (non-hydrogen) atoms. The van der Waals surface area contributed by atoms with Gasteiger partial charge in [0.2, 0.25) is 10.0 Å². The summed E-state index contributed by atoms with van der Waals surface area (Å²) >= 11 is 0. The molecule has 7 heteroatoms. The van der Waals surface area contributed by atoms with Crippen molar-refractivity contribution in [1.29, 1.82) is 0 Å². The number of hydrogen-bond donors (Lipinski definition) is 2. The van der Waals surface area contributed by atoms with E-state index in [2.05, 4.69) is 10.6 Å². The smallest absolute Gasteiger partial charge is 0.255 e. The van der Waals surface area contributed by atoms with E-state index in [9.17, 15) is 13.2 Å². The maximum Gasteiger partial charge on any atom is 0.255 e. The predicted molar refractivity (Wildman–Crippen MR) is 108 cm³/mol. The molecule has 1 amide bonds. The number of nitrogens with zero attached hydrogens (tertiary/aromatic N) is 1. The quantitative estimate of drug-likeness (QED) is 0.727. The average Bonchev–Trinajstić information content (AvgIpc) is 2.66. The summed E-state index contributed by atoms with van der Waals surface area (Å²) in [7, 11) is -2.11. The molecule has 0 radical (unpaired) electrons. The van der Waals surface area contributed by atoms with Crippen LogP contribution in [0.4, 0.5) is 5.69 Å². The van der Waals surface area contributed by atoms with Crippen molar-refractivity contribution in [2.24, 2.45) is 0 Å². The second-order valence-electron chi connectivity index (χ2n) is 6.58. The van der Waals surface area contributed by atoms with Crippen molar-refractivity contribution in [2.75, 3.05) is 18.9 Å². The number of amides is 1. The Hall–Kier alpha value is -2.22. The van der Waals surface area contributed by atoms with Gasteiger partial charge in [-0.25, -0.2) is 8.42 Å². The van der Waals surface area contributed by atoms with E-state index in [0.29, 0.717) is 11.3 Å². The van der Waals surface area contributed by atoms with E-state index in [4.69, 9.17) is 0 Å². The molecule has 2 aromatic rings. The predicted octanol–water partition coefficient (Wildman–Crippen LogP) is 3.08. The summed E-state index contributed by atoms with van der Waals surface area (Å²) in [6.45, 7) is 7.21. The number of anilines is 1. The van der Waals surface area contributed by atoms with Crippen LogP contribution >= 0.6 is 0 Å². The minimum Gasteiger partial charge on any atom is -0.322 e. The van der Waals surface area contributed by atoms with Crippen molar-refractivity contribution < 1.29 is 13.2 Å². The lowest BCUT2D eigenvalue weighted by Crippen LogP contribution is -2.33. The van der Waals surface area contributed by atoms with Crippen LogP contribution < -0.4 is 10.6 Å². The first kappa shape index (κ1) is 21.1. The zero-order chi connectivity index (χ0) is 20.0. The SMILES string of the molecule is CCNCc1cccc(NC(=O)c2cccc(S(=O)(=O)N(C)C(C)C)c2)c1. The van der Waals surface area contributed by atoms with Crippen LogP contribution in [0, 0.1) is 0 Å². The molecular weight excluding hydrogens is 362 g/mol. The van der Waals surface area contributed by atoms with Crippen molar-refractivity contribution in [3.8, 4) is 0 Å². The molecule has 0 bridgehead atoms. The molecule has 0 heterocycles. The Labute approximate surface area is 161 Å². The summed E-state index contributed by atoms with van der Waals surface area (Å²) in [5.41, 5.74) is 2.03. The minimum absolute atomic E-state index is 0.104. The number of nitrogens with one attached hydrogen (secondary N) is 2. The summed E-state index contributed by atoms with van der Waals surface area (Å²) in [5.74, 6) is -0.347. The molecule has 0 saturated carbocycles. The molecule has 2 aromatic carbocycles. The third kappa shape index (κ3) is 5.38. The fraction of sp³-hybridized carbons (Fsp3) is 0.350. The Kier molecular flexibility index (Phi) is 7.12. The second kappa shape index (κ2) is 9.12. The van der Waals surface area contributed by atoms with E-state index < -0.39 is 10.0 Å². The van der Waals surface area contributed by atoms with E-state index in [1.165, 1.54) is 23.5 Å². The fourth-order valence-electron chi connectivity index (χ4n) is 2.47. The number of benzene rings is 2. The van der Waals surface area contributed by atoms with E-state index in [-0.39, 0.29) is 16.8 Å². The minimum atomic E-state index is -3.64. The topological polar surface area (TPSA) is 78.5 Å². The van der Waals surface area contributed by atoms with Crippen molar-refractivity contribution >= 4 is 21.6 Å². The molecule has 0 aliphatic heterocycles. The summed E-state index contributed by atoms with van der Waals surface area (Å²) in [5, 5.41) is 6.07. The molecule has 0 atom stereocenters. The van der Waals surface area contributed by atoms with E-state index in [1.807, 2.05) is 25.1 Å². The molecule has 2 rings (SSSR count). The van der Waals surface area contributed by atoms with Crippen LogP contribution in [0.3, 0.4) is 0 Å². The van der Waals surface area contributed by atoms with Crippen molar-refractivity contribution in [1.82, 2.24) is 9.62 Å². The van der Waals surface area contributed by atoms with Gasteiger partial charge in [0.15, 0.2) is 0 Å². The zero-order valence-electron chi connectivity index (χ0n) is 16.2. The van der Waals surface area contributed by atoms with Gasteiger partial charge in [-0.2, -0.15) is 4.31 Å². The van der Waals surface area contributed by atoms with E-state index in [0.717, 1.165) is 18.7 Å². The molecule has 0 spiro atoms. The first-order chi connectivity index (χ1) is 12.8. The molecule has 0 fully saturated rings. The number of carbonyl (C=O) groups excluding carboxylic acids is 1. The monoisotopic (exact) mass is 389 g/mol.